The standard InChI is InChI=1S/C22H24N2O5S/c1-6-30-22-23-17(21(25)24(22)15-8-7-9-16(12-15)26-2)10-14-11-19(28-4)20(29-5)13-18(14)27-3/h7-13H,6H2,1-5H3. The first kappa shape index (κ1) is 21.6. The Morgan fingerprint density at radius 2 is 1.67 bits per heavy atom. The van der Waals surface area contributed by atoms with Gasteiger partial charge in [-0.15, -0.1) is 0 Å². The van der Waals surface area contributed by atoms with E-state index in [1.165, 1.54) is 11.8 Å². The molecule has 1 aliphatic rings. The lowest BCUT2D eigenvalue weighted by molar-refractivity contribution is -0.113. The molecule has 8 heteroatoms. The zero-order chi connectivity index (χ0) is 21.7. The summed E-state index contributed by atoms with van der Waals surface area (Å²) >= 11 is 1.49. The summed E-state index contributed by atoms with van der Waals surface area (Å²) in [6.45, 7) is 2.01. The number of carbonyl (C=O) groups excluding carboxylic acids is 1. The molecule has 0 unspecified atom stereocenters. The number of ether oxygens (including phenoxy) is 4. The average Bonchev–Trinajstić information content (AvgIpc) is 3.08. The van der Waals surface area contributed by atoms with E-state index in [2.05, 4.69) is 4.99 Å². The van der Waals surface area contributed by atoms with Crippen molar-refractivity contribution in [1.82, 2.24) is 0 Å². The van der Waals surface area contributed by atoms with Crippen LogP contribution in [0.4, 0.5) is 5.69 Å². The van der Waals surface area contributed by atoms with Gasteiger partial charge in [-0.25, -0.2) is 4.99 Å². The Morgan fingerprint density at radius 1 is 0.967 bits per heavy atom. The first-order chi connectivity index (χ1) is 14.6. The van der Waals surface area contributed by atoms with Gasteiger partial charge in [0.05, 0.1) is 34.1 Å². The number of amides is 1. The lowest BCUT2D eigenvalue weighted by atomic mass is 10.1. The summed E-state index contributed by atoms with van der Waals surface area (Å²) in [6, 6.07) is 10.8. The van der Waals surface area contributed by atoms with Gasteiger partial charge in [0.2, 0.25) is 0 Å². The minimum absolute atomic E-state index is 0.226. The predicted octanol–water partition coefficient (Wildman–Crippen LogP) is 4.22. The second kappa shape index (κ2) is 9.58. The minimum atomic E-state index is -0.226. The third-order valence-electron chi connectivity index (χ3n) is 4.44. The van der Waals surface area contributed by atoms with Crippen LogP contribution < -0.4 is 23.8 Å². The average molecular weight is 429 g/mol. The summed E-state index contributed by atoms with van der Waals surface area (Å²) in [7, 11) is 6.26. The van der Waals surface area contributed by atoms with Gasteiger partial charge in [-0.1, -0.05) is 24.8 Å². The number of methoxy groups -OCH3 is 4. The van der Waals surface area contributed by atoms with Crippen LogP contribution in [0.25, 0.3) is 6.08 Å². The normalized spacial score (nSPS) is 14.7. The van der Waals surface area contributed by atoms with Crippen molar-refractivity contribution in [3.8, 4) is 23.0 Å². The smallest absolute Gasteiger partial charge is 0.283 e. The maximum absolute atomic E-state index is 13.3. The third-order valence-corrected chi connectivity index (χ3v) is 5.26. The molecule has 0 saturated carbocycles. The van der Waals surface area contributed by atoms with E-state index < -0.39 is 0 Å². The third kappa shape index (κ3) is 4.23. The molecule has 0 fully saturated rings. The number of hydrogen-bond acceptors (Lipinski definition) is 7. The lowest BCUT2D eigenvalue weighted by Gasteiger charge is -2.18. The van der Waals surface area contributed by atoms with Crippen molar-refractivity contribution in [2.45, 2.75) is 6.92 Å². The monoisotopic (exact) mass is 428 g/mol. The van der Waals surface area contributed by atoms with Gasteiger partial charge in [-0.05, 0) is 30.0 Å². The van der Waals surface area contributed by atoms with Crippen LogP contribution in [-0.4, -0.2) is 45.3 Å². The van der Waals surface area contributed by atoms with Gasteiger partial charge >= 0.3 is 0 Å². The van der Waals surface area contributed by atoms with Crippen LogP contribution >= 0.6 is 11.8 Å². The number of nitrogens with zero attached hydrogens (tertiary/aromatic N) is 2. The highest BCUT2D eigenvalue weighted by Crippen LogP contribution is 2.37. The molecule has 158 valence electrons. The van der Waals surface area contributed by atoms with E-state index in [1.807, 2.05) is 31.2 Å². The first-order valence-electron chi connectivity index (χ1n) is 9.27. The summed E-state index contributed by atoms with van der Waals surface area (Å²) in [4.78, 5) is 19.4. The fourth-order valence-electron chi connectivity index (χ4n) is 3.01. The van der Waals surface area contributed by atoms with E-state index in [4.69, 9.17) is 18.9 Å². The van der Waals surface area contributed by atoms with E-state index in [-0.39, 0.29) is 5.91 Å². The maximum atomic E-state index is 13.3. The summed E-state index contributed by atoms with van der Waals surface area (Å²) < 4.78 is 21.5. The summed E-state index contributed by atoms with van der Waals surface area (Å²) in [5, 5.41) is 0.612. The number of hydrogen-bond donors (Lipinski definition) is 0. The molecule has 7 nitrogen and oxygen atoms in total. The van der Waals surface area contributed by atoms with Gasteiger partial charge in [-0.2, -0.15) is 0 Å². The minimum Gasteiger partial charge on any atom is -0.497 e. The molecule has 0 spiro atoms. The molecule has 1 heterocycles. The van der Waals surface area contributed by atoms with Gasteiger partial charge in [-0.3, -0.25) is 9.69 Å². The summed E-state index contributed by atoms with van der Waals surface area (Å²) in [5.41, 5.74) is 1.66. The molecule has 0 N–H and O–H groups in total. The number of aliphatic imine (C=N–C) groups is 1. The van der Waals surface area contributed by atoms with Crippen LogP contribution in [0.15, 0.2) is 47.1 Å². The van der Waals surface area contributed by atoms with Crippen LogP contribution in [0.3, 0.4) is 0 Å². The highest BCUT2D eigenvalue weighted by molar-refractivity contribution is 8.14. The van der Waals surface area contributed by atoms with E-state index >= 15 is 0 Å². The van der Waals surface area contributed by atoms with Gasteiger partial charge in [0.1, 0.15) is 17.2 Å². The summed E-state index contributed by atoms with van der Waals surface area (Å²) in [5.74, 6) is 2.84. The van der Waals surface area contributed by atoms with Crippen LogP contribution in [0.1, 0.15) is 12.5 Å². The molecule has 2 aromatic rings. The molecule has 1 amide bonds. The number of thioether (sulfide) groups is 1. The molecule has 0 saturated heterocycles. The largest absolute Gasteiger partial charge is 0.497 e. The van der Waals surface area contributed by atoms with Crippen LogP contribution in [0, 0.1) is 0 Å². The molecule has 0 atom stereocenters. The first-order valence-corrected chi connectivity index (χ1v) is 10.3. The van der Waals surface area contributed by atoms with E-state index in [0.717, 1.165) is 5.75 Å². The molecule has 3 rings (SSSR count). The molecule has 30 heavy (non-hydrogen) atoms. The van der Waals surface area contributed by atoms with Gasteiger partial charge < -0.3 is 18.9 Å². The van der Waals surface area contributed by atoms with Gasteiger partial charge in [0.25, 0.3) is 5.91 Å². The van der Waals surface area contributed by atoms with Gasteiger partial charge in [0, 0.05) is 17.7 Å². The number of carbonyl (C=O) groups is 1. The van der Waals surface area contributed by atoms with E-state index in [0.29, 0.717) is 45.1 Å². The maximum Gasteiger partial charge on any atom is 0.283 e. The Morgan fingerprint density at radius 3 is 2.30 bits per heavy atom. The lowest BCUT2D eigenvalue weighted by Crippen LogP contribution is -2.30. The van der Waals surface area contributed by atoms with Crippen molar-refractivity contribution in [2.24, 2.45) is 4.99 Å². The zero-order valence-corrected chi connectivity index (χ0v) is 18.4. The van der Waals surface area contributed by atoms with Crippen molar-refractivity contribution in [3.05, 3.63) is 47.7 Å². The Balaban J connectivity index is 2.06. The molecule has 0 radical (unpaired) electrons. The highest BCUT2D eigenvalue weighted by atomic mass is 32.2. The Kier molecular flexibility index (Phi) is 6.89. The van der Waals surface area contributed by atoms with Crippen molar-refractivity contribution in [3.63, 3.8) is 0 Å². The summed E-state index contributed by atoms with van der Waals surface area (Å²) in [6.07, 6.45) is 1.69. The van der Waals surface area contributed by atoms with Crippen molar-refractivity contribution < 1.29 is 23.7 Å². The van der Waals surface area contributed by atoms with Crippen molar-refractivity contribution in [1.29, 1.82) is 0 Å². The SMILES string of the molecule is CCSC1=NC(=Cc2cc(OC)c(OC)cc2OC)C(=O)N1c1cccc(OC)c1. The van der Waals surface area contributed by atoms with E-state index in [9.17, 15) is 4.79 Å². The highest BCUT2D eigenvalue weighted by Gasteiger charge is 2.32. The fourth-order valence-corrected chi connectivity index (χ4v) is 3.75. The molecule has 1 aliphatic heterocycles. The Hall–Kier alpha value is -3.13. The van der Waals surface area contributed by atoms with Crippen LogP contribution in [0.5, 0.6) is 23.0 Å². The molecule has 0 aromatic heterocycles. The molecule has 2 aromatic carbocycles. The van der Waals surface area contributed by atoms with Crippen molar-refractivity contribution in [2.75, 3.05) is 39.1 Å². The quantitative estimate of drug-likeness (QED) is 0.615. The van der Waals surface area contributed by atoms with Crippen LogP contribution in [0.2, 0.25) is 0 Å². The fraction of sp³-hybridized carbons (Fsp3) is 0.273. The topological polar surface area (TPSA) is 69.6 Å². The molecule has 0 bridgehead atoms. The molecule has 0 aliphatic carbocycles. The second-order valence-corrected chi connectivity index (χ2v) is 7.38. The van der Waals surface area contributed by atoms with E-state index in [1.54, 1.807) is 51.5 Å². The molecular formula is C22H24N2O5S. The number of benzene rings is 2. The predicted molar refractivity (Wildman–Crippen MR) is 120 cm³/mol. The van der Waals surface area contributed by atoms with Gasteiger partial charge in [0.15, 0.2) is 16.7 Å². The zero-order valence-electron chi connectivity index (χ0n) is 17.6. The van der Waals surface area contributed by atoms with Crippen molar-refractivity contribution >= 4 is 34.6 Å². The second-order valence-electron chi connectivity index (χ2n) is 6.15. The van der Waals surface area contributed by atoms with Crippen LogP contribution in [-0.2, 0) is 4.79 Å². The number of anilines is 1. The number of rotatable bonds is 7. The Bertz CT molecular complexity index is 1000. The number of amidine groups is 1. The molecular weight excluding hydrogens is 404 g/mol. The Labute approximate surface area is 180 Å².